The summed E-state index contributed by atoms with van der Waals surface area (Å²) in [4.78, 5) is 1.52. The van der Waals surface area contributed by atoms with Crippen molar-refractivity contribution in [2.24, 2.45) is 5.92 Å². The minimum absolute atomic E-state index is 0.306. The molecule has 1 aliphatic carbocycles. The van der Waals surface area contributed by atoms with Crippen molar-refractivity contribution >= 4 is 11.6 Å². The number of aliphatic hydroxyl groups excluding tert-OH is 1. The maximum Gasteiger partial charge on any atom is 0.101 e. The molecule has 0 aromatic rings. The predicted octanol–water partition coefficient (Wildman–Crippen LogP) is -0.246. The summed E-state index contributed by atoms with van der Waals surface area (Å²) in [6.07, 6.45) is 7.46. The highest BCUT2D eigenvalue weighted by molar-refractivity contribution is 6.20. The summed E-state index contributed by atoms with van der Waals surface area (Å²) in [5, 5.41) is 16.0. The van der Waals surface area contributed by atoms with E-state index < -0.39 is 0 Å². The average molecular weight is 348 g/mol. The second-order valence-corrected chi connectivity index (χ2v) is 8.31. The molecule has 4 nitrogen and oxygen atoms in total. The zero-order valence-electron chi connectivity index (χ0n) is 15.1. The molecule has 1 aliphatic heterocycles. The van der Waals surface area contributed by atoms with Crippen molar-refractivity contribution < 1.29 is 15.3 Å². The SMILES string of the molecule is CC[NH+](CCO)CCC[C@@H](C)NC1CC[NH2+]C2CC(Cl)CCC12. The highest BCUT2D eigenvalue weighted by atomic mass is 35.5. The van der Waals surface area contributed by atoms with Gasteiger partial charge in [0.25, 0.3) is 0 Å². The number of quaternary nitrogens is 2. The van der Waals surface area contributed by atoms with Gasteiger partial charge in [0.2, 0.25) is 0 Å². The number of hydrogen-bond acceptors (Lipinski definition) is 2. The van der Waals surface area contributed by atoms with Crippen LogP contribution in [0.4, 0.5) is 0 Å². The van der Waals surface area contributed by atoms with Gasteiger partial charge in [-0.2, -0.15) is 0 Å². The smallest absolute Gasteiger partial charge is 0.101 e. The molecule has 0 radical (unpaired) electrons. The number of piperidine rings is 1. The molecule has 0 spiro atoms. The number of alkyl halides is 1. The molecule has 1 saturated heterocycles. The molecule has 1 heterocycles. The Morgan fingerprint density at radius 3 is 2.87 bits per heavy atom. The molecule has 5 heteroatoms. The van der Waals surface area contributed by atoms with Crippen molar-refractivity contribution in [3.8, 4) is 0 Å². The molecule has 23 heavy (non-hydrogen) atoms. The van der Waals surface area contributed by atoms with E-state index in [0.717, 1.165) is 25.0 Å². The van der Waals surface area contributed by atoms with Crippen LogP contribution >= 0.6 is 11.6 Å². The predicted molar refractivity (Wildman–Crippen MR) is 96.1 cm³/mol. The minimum atomic E-state index is 0.306. The van der Waals surface area contributed by atoms with Crippen LogP contribution < -0.4 is 15.5 Å². The fourth-order valence-electron chi connectivity index (χ4n) is 4.60. The standard InChI is InChI=1S/C18H36ClN3O/c1-3-22(11-12-23)10-4-5-14(2)21-17-8-9-20-18-13-15(19)6-7-16(17)18/h14-18,20-21,23H,3-13H2,1-2H3/p+2/t14-,15?,16?,17?,18?/m1/s1. The van der Waals surface area contributed by atoms with Crippen LogP contribution in [0.1, 0.15) is 52.4 Å². The Morgan fingerprint density at radius 1 is 1.30 bits per heavy atom. The summed E-state index contributed by atoms with van der Waals surface area (Å²) in [5.74, 6) is 0.813. The first-order chi connectivity index (χ1) is 11.1. The van der Waals surface area contributed by atoms with Crippen LogP contribution in [-0.2, 0) is 0 Å². The van der Waals surface area contributed by atoms with Crippen LogP contribution in [0.3, 0.4) is 0 Å². The zero-order chi connectivity index (χ0) is 16.7. The van der Waals surface area contributed by atoms with E-state index in [-0.39, 0.29) is 0 Å². The number of aliphatic hydroxyl groups is 1. The number of nitrogens with two attached hydrogens (primary N) is 1. The Kier molecular flexibility index (Phi) is 8.62. The van der Waals surface area contributed by atoms with Crippen molar-refractivity contribution in [2.45, 2.75) is 75.9 Å². The molecular weight excluding hydrogens is 310 g/mol. The monoisotopic (exact) mass is 347 g/mol. The van der Waals surface area contributed by atoms with Gasteiger partial charge in [0.1, 0.15) is 6.54 Å². The largest absolute Gasteiger partial charge is 0.391 e. The Morgan fingerprint density at radius 2 is 2.13 bits per heavy atom. The molecule has 0 aromatic heterocycles. The lowest BCUT2D eigenvalue weighted by molar-refractivity contribution is -0.898. The Hall–Kier alpha value is 0.130. The molecule has 0 bridgehead atoms. The van der Waals surface area contributed by atoms with E-state index in [0.29, 0.717) is 24.1 Å². The summed E-state index contributed by atoms with van der Waals surface area (Å²) in [6.45, 7) is 9.29. The van der Waals surface area contributed by atoms with E-state index in [4.69, 9.17) is 16.7 Å². The fraction of sp³-hybridized carbons (Fsp3) is 1.00. The summed E-state index contributed by atoms with van der Waals surface area (Å²) in [6, 6.07) is 2.03. The van der Waals surface area contributed by atoms with Gasteiger partial charge >= 0.3 is 0 Å². The fourth-order valence-corrected chi connectivity index (χ4v) is 4.93. The number of fused-ring (bicyclic) bond motifs is 1. The number of rotatable bonds is 9. The van der Waals surface area contributed by atoms with Crippen LogP contribution in [0.2, 0.25) is 0 Å². The molecule has 2 aliphatic rings. The van der Waals surface area contributed by atoms with Crippen molar-refractivity contribution in [3.05, 3.63) is 0 Å². The summed E-state index contributed by atoms with van der Waals surface area (Å²) < 4.78 is 0. The van der Waals surface area contributed by atoms with Gasteiger partial charge in [-0.1, -0.05) is 0 Å². The quantitative estimate of drug-likeness (QED) is 0.435. The molecule has 5 N–H and O–H groups in total. The van der Waals surface area contributed by atoms with Crippen LogP contribution in [-0.4, -0.2) is 61.4 Å². The second-order valence-electron chi connectivity index (χ2n) is 7.69. The molecule has 1 saturated carbocycles. The number of likely N-dealkylation sites (N-methyl/N-ethyl adjacent to an activating group) is 1. The molecule has 0 amide bonds. The van der Waals surface area contributed by atoms with Gasteiger partial charge in [-0.05, 0) is 39.5 Å². The molecule has 136 valence electrons. The first kappa shape index (κ1) is 19.5. The molecule has 6 atom stereocenters. The number of nitrogens with one attached hydrogen (secondary N) is 2. The van der Waals surface area contributed by atoms with Gasteiger partial charge in [0.05, 0.1) is 32.3 Å². The van der Waals surface area contributed by atoms with Crippen LogP contribution in [0, 0.1) is 5.92 Å². The highest BCUT2D eigenvalue weighted by Gasteiger charge is 2.40. The van der Waals surface area contributed by atoms with Gasteiger partial charge in [0, 0.05) is 36.2 Å². The molecule has 0 aromatic carbocycles. The van der Waals surface area contributed by atoms with Crippen LogP contribution in [0.15, 0.2) is 0 Å². The van der Waals surface area contributed by atoms with E-state index >= 15 is 0 Å². The maximum absolute atomic E-state index is 9.08. The molecular formula is C18H38ClN3O+2. The Balaban J connectivity index is 1.70. The lowest BCUT2D eigenvalue weighted by Crippen LogP contribution is -3.12. The Labute approximate surface area is 147 Å². The third-order valence-corrected chi connectivity index (χ3v) is 6.38. The van der Waals surface area contributed by atoms with E-state index in [1.54, 1.807) is 0 Å². The van der Waals surface area contributed by atoms with Crippen molar-refractivity contribution in [3.63, 3.8) is 0 Å². The van der Waals surface area contributed by atoms with Gasteiger partial charge in [-0.25, -0.2) is 0 Å². The maximum atomic E-state index is 9.08. The Bertz CT molecular complexity index is 331. The van der Waals surface area contributed by atoms with Crippen LogP contribution in [0.5, 0.6) is 0 Å². The van der Waals surface area contributed by atoms with Gasteiger partial charge in [-0.15, -0.1) is 11.6 Å². The first-order valence-corrected chi connectivity index (χ1v) is 10.3. The van der Waals surface area contributed by atoms with Crippen molar-refractivity contribution in [1.82, 2.24) is 5.32 Å². The van der Waals surface area contributed by atoms with Gasteiger partial charge < -0.3 is 20.6 Å². The van der Waals surface area contributed by atoms with E-state index in [1.165, 1.54) is 56.5 Å². The lowest BCUT2D eigenvalue weighted by atomic mass is 9.76. The number of halogens is 1. The minimum Gasteiger partial charge on any atom is -0.391 e. The normalized spacial score (nSPS) is 33.9. The highest BCUT2D eigenvalue weighted by Crippen LogP contribution is 2.31. The summed E-state index contributed by atoms with van der Waals surface area (Å²) >= 11 is 6.37. The topological polar surface area (TPSA) is 53.3 Å². The third kappa shape index (κ3) is 6.17. The van der Waals surface area contributed by atoms with E-state index in [1.807, 2.05) is 0 Å². The lowest BCUT2D eigenvalue weighted by Gasteiger charge is -2.42. The summed E-state index contributed by atoms with van der Waals surface area (Å²) in [5.41, 5.74) is 0. The molecule has 5 unspecified atom stereocenters. The first-order valence-electron chi connectivity index (χ1n) is 9.81. The van der Waals surface area contributed by atoms with Crippen LogP contribution in [0.25, 0.3) is 0 Å². The van der Waals surface area contributed by atoms with Crippen molar-refractivity contribution in [1.29, 1.82) is 0 Å². The number of hydrogen-bond donors (Lipinski definition) is 4. The second kappa shape index (κ2) is 10.2. The van der Waals surface area contributed by atoms with Gasteiger partial charge in [0.15, 0.2) is 0 Å². The third-order valence-electron chi connectivity index (χ3n) is 5.99. The molecule has 2 rings (SSSR count). The van der Waals surface area contributed by atoms with Gasteiger partial charge in [-0.3, -0.25) is 0 Å². The summed E-state index contributed by atoms with van der Waals surface area (Å²) in [7, 11) is 0. The zero-order valence-corrected chi connectivity index (χ0v) is 15.8. The average Bonchev–Trinajstić information content (AvgIpc) is 2.54. The van der Waals surface area contributed by atoms with Crippen molar-refractivity contribution in [2.75, 3.05) is 32.8 Å². The van der Waals surface area contributed by atoms with E-state index in [9.17, 15) is 0 Å². The molecule has 2 fully saturated rings. The van der Waals surface area contributed by atoms with E-state index in [2.05, 4.69) is 24.5 Å².